The van der Waals surface area contributed by atoms with Gasteiger partial charge in [0.05, 0.1) is 18.4 Å². The second-order valence-corrected chi connectivity index (χ2v) is 5.56. The van der Waals surface area contributed by atoms with Crippen LogP contribution >= 0.6 is 0 Å². The van der Waals surface area contributed by atoms with Crippen molar-refractivity contribution < 1.29 is 14.6 Å². The van der Waals surface area contributed by atoms with Gasteiger partial charge in [0.15, 0.2) is 11.4 Å². The highest BCUT2D eigenvalue weighted by molar-refractivity contribution is 5.94. The molecule has 0 fully saturated rings. The van der Waals surface area contributed by atoms with E-state index in [0.29, 0.717) is 13.2 Å². The minimum absolute atomic E-state index is 0.0146. The van der Waals surface area contributed by atoms with Gasteiger partial charge in [0.2, 0.25) is 0 Å². The van der Waals surface area contributed by atoms with Crippen molar-refractivity contribution >= 4 is 5.91 Å². The first-order chi connectivity index (χ1) is 12.1. The molecule has 3 rings (SSSR count). The number of carbonyl (C=O) groups excluding carboxylic acids is 1. The Bertz CT molecular complexity index is 842. The fraction of sp³-hybridized carbons (Fsp3) is 0.158. The van der Waals surface area contributed by atoms with Crippen LogP contribution in [0.15, 0.2) is 60.8 Å². The van der Waals surface area contributed by atoms with E-state index in [0.717, 1.165) is 17.0 Å². The maximum absolute atomic E-state index is 12.2. The summed E-state index contributed by atoms with van der Waals surface area (Å²) in [4.78, 5) is 12.2. The maximum atomic E-state index is 12.2. The molecule has 3 aromatic rings. The van der Waals surface area contributed by atoms with Gasteiger partial charge in [-0.25, -0.2) is 4.68 Å². The van der Waals surface area contributed by atoms with Gasteiger partial charge in [-0.1, -0.05) is 35.9 Å². The van der Waals surface area contributed by atoms with E-state index in [1.807, 2.05) is 61.5 Å². The molecule has 1 amide bonds. The number of ether oxygens (including phenoxy) is 1. The molecular formula is C19H19N3O3. The number of nitrogens with one attached hydrogen (secondary N) is 1. The molecule has 0 saturated carbocycles. The van der Waals surface area contributed by atoms with Crippen molar-refractivity contribution in [3.8, 4) is 17.2 Å². The molecule has 0 unspecified atom stereocenters. The van der Waals surface area contributed by atoms with Gasteiger partial charge in [-0.15, -0.1) is 0 Å². The van der Waals surface area contributed by atoms with Gasteiger partial charge in [-0.2, -0.15) is 5.10 Å². The molecule has 1 heterocycles. The highest BCUT2D eigenvalue weighted by atomic mass is 16.5. The van der Waals surface area contributed by atoms with Crippen molar-refractivity contribution in [1.29, 1.82) is 0 Å². The number of rotatable bonds is 6. The van der Waals surface area contributed by atoms with E-state index in [1.54, 1.807) is 0 Å². The predicted molar refractivity (Wildman–Crippen MR) is 94.2 cm³/mol. The number of nitrogens with zero attached hydrogens (tertiary/aromatic N) is 2. The van der Waals surface area contributed by atoms with E-state index in [2.05, 4.69) is 10.4 Å². The summed E-state index contributed by atoms with van der Waals surface area (Å²) < 4.78 is 7.01. The Morgan fingerprint density at radius 2 is 1.88 bits per heavy atom. The summed E-state index contributed by atoms with van der Waals surface area (Å²) in [5, 5.41) is 16.8. The number of aryl methyl sites for hydroxylation is 1. The Labute approximate surface area is 145 Å². The molecule has 0 aliphatic rings. The second kappa shape index (κ2) is 7.53. The minimum Gasteiger partial charge on any atom is -0.504 e. The van der Waals surface area contributed by atoms with Gasteiger partial charge in [0.1, 0.15) is 12.4 Å². The van der Waals surface area contributed by atoms with Crippen LogP contribution in [0.4, 0.5) is 0 Å². The molecule has 1 aromatic heterocycles. The van der Waals surface area contributed by atoms with Crippen LogP contribution in [0, 0.1) is 6.92 Å². The first-order valence-corrected chi connectivity index (χ1v) is 7.95. The summed E-state index contributed by atoms with van der Waals surface area (Å²) in [7, 11) is 0. The highest BCUT2D eigenvalue weighted by Gasteiger charge is 2.16. The summed E-state index contributed by atoms with van der Waals surface area (Å²) >= 11 is 0. The molecule has 25 heavy (non-hydrogen) atoms. The molecule has 0 saturated heterocycles. The molecular weight excluding hydrogens is 318 g/mol. The Morgan fingerprint density at radius 1 is 1.16 bits per heavy atom. The zero-order chi connectivity index (χ0) is 17.6. The normalized spacial score (nSPS) is 10.4. The lowest BCUT2D eigenvalue weighted by Gasteiger charge is -2.07. The van der Waals surface area contributed by atoms with Crippen molar-refractivity contribution in [2.75, 3.05) is 13.2 Å². The Kier molecular flexibility index (Phi) is 4.99. The first-order valence-electron chi connectivity index (χ1n) is 7.95. The van der Waals surface area contributed by atoms with Gasteiger partial charge in [-0.3, -0.25) is 4.79 Å². The number of aromatic nitrogens is 2. The summed E-state index contributed by atoms with van der Waals surface area (Å²) in [5.74, 6) is 0.136. The average Bonchev–Trinajstić information content (AvgIpc) is 3.03. The quantitative estimate of drug-likeness (QED) is 0.678. The van der Waals surface area contributed by atoms with Gasteiger partial charge in [0, 0.05) is 0 Å². The van der Waals surface area contributed by atoms with Crippen molar-refractivity contribution in [3.63, 3.8) is 0 Å². The second-order valence-electron chi connectivity index (χ2n) is 5.56. The fourth-order valence-electron chi connectivity index (χ4n) is 2.29. The van der Waals surface area contributed by atoms with Crippen LogP contribution in [0.2, 0.25) is 0 Å². The number of hydrogen-bond acceptors (Lipinski definition) is 4. The van der Waals surface area contributed by atoms with E-state index < -0.39 is 5.91 Å². The third-order valence-electron chi connectivity index (χ3n) is 3.61. The molecule has 0 radical (unpaired) electrons. The van der Waals surface area contributed by atoms with E-state index in [9.17, 15) is 9.90 Å². The lowest BCUT2D eigenvalue weighted by molar-refractivity contribution is 0.0939. The number of amides is 1. The smallest absolute Gasteiger partial charge is 0.275 e. The molecule has 2 N–H and O–H groups in total. The summed E-state index contributed by atoms with van der Waals surface area (Å²) in [6, 6.07) is 17.0. The molecule has 6 nitrogen and oxygen atoms in total. The van der Waals surface area contributed by atoms with Crippen LogP contribution in [-0.4, -0.2) is 33.9 Å². The van der Waals surface area contributed by atoms with Crippen molar-refractivity contribution in [1.82, 2.24) is 15.1 Å². The van der Waals surface area contributed by atoms with Crippen LogP contribution in [0.1, 0.15) is 16.1 Å². The predicted octanol–water partition coefficient (Wildman–Crippen LogP) is 2.70. The number of hydrogen-bond donors (Lipinski definition) is 2. The van der Waals surface area contributed by atoms with Crippen molar-refractivity contribution in [2.24, 2.45) is 0 Å². The monoisotopic (exact) mass is 337 g/mol. The molecule has 0 bridgehead atoms. The summed E-state index contributed by atoms with van der Waals surface area (Å²) in [6.45, 7) is 2.64. The third kappa shape index (κ3) is 4.17. The molecule has 0 aliphatic carbocycles. The SMILES string of the molecule is Cc1ccc(OCCNC(=O)c2nn(-c3ccccc3)cc2O)cc1. The number of benzene rings is 2. The van der Waals surface area contributed by atoms with E-state index in [-0.39, 0.29) is 11.4 Å². The van der Waals surface area contributed by atoms with E-state index >= 15 is 0 Å². The number of para-hydroxylation sites is 1. The Morgan fingerprint density at radius 3 is 2.60 bits per heavy atom. The third-order valence-corrected chi connectivity index (χ3v) is 3.61. The van der Waals surface area contributed by atoms with Gasteiger partial charge in [0.25, 0.3) is 5.91 Å². The Balaban J connectivity index is 1.55. The summed E-state index contributed by atoms with van der Waals surface area (Å²) in [6.07, 6.45) is 1.41. The largest absolute Gasteiger partial charge is 0.504 e. The Hall–Kier alpha value is -3.28. The average molecular weight is 337 g/mol. The fourth-order valence-corrected chi connectivity index (χ4v) is 2.29. The molecule has 6 heteroatoms. The lowest BCUT2D eigenvalue weighted by Crippen LogP contribution is -2.28. The van der Waals surface area contributed by atoms with Gasteiger partial charge >= 0.3 is 0 Å². The summed E-state index contributed by atoms with van der Waals surface area (Å²) in [5.41, 5.74) is 1.91. The lowest BCUT2D eigenvalue weighted by atomic mass is 10.2. The van der Waals surface area contributed by atoms with Crippen LogP contribution in [0.5, 0.6) is 11.5 Å². The van der Waals surface area contributed by atoms with Gasteiger partial charge < -0.3 is 15.2 Å². The maximum Gasteiger partial charge on any atom is 0.275 e. The van der Waals surface area contributed by atoms with Crippen LogP contribution in [0.25, 0.3) is 5.69 Å². The van der Waals surface area contributed by atoms with Gasteiger partial charge in [-0.05, 0) is 31.2 Å². The zero-order valence-corrected chi connectivity index (χ0v) is 13.8. The minimum atomic E-state index is -0.445. The molecule has 128 valence electrons. The number of carbonyl (C=O) groups is 1. The molecule has 2 aromatic carbocycles. The van der Waals surface area contributed by atoms with E-state index in [4.69, 9.17) is 4.74 Å². The van der Waals surface area contributed by atoms with Crippen molar-refractivity contribution in [2.45, 2.75) is 6.92 Å². The molecule has 0 atom stereocenters. The highest BCUT2D eigenvalue weighted by Crippen LogP contribution is 2.17. The van der Waals surface area contributed by atoms with Crippen LogP contribution in [0.3, 0.4) is 0 Å². The standard InChI is InChI=1S/C19H19N3O3/c1-14-7-9-16(10-8-14)25-12-11-20-19(24)18-17(23)13-22(21-18)15-5-3-2-4-6-15/h2-10,13,23H,11-12H2,1H3,(H,20,24). The van der Waals surface area contributed by atoms with Crippen molar-refractivity contribution in [3.05, 3.63) is 72.1 Å². The van der Waals surface area contributed by atoms with E-state index in [1.165, 1.54) is 10.9 Å². The van der Waals surface area contributed by atoms with Crippen LogP contribution in [-0.2, 0) is 0 Å². The molecule has 0 spiro atoms. The molecule has 0 aliphatic heterocycles. The topological polar surface area (TPSA) is 76.4 Å². The number of aromatic hydroxyl groups is 1. The van der Waals surface area contributed by atoms with Crippen LogP contribution < -0.4 is 10.1 Å². The zero-order valence-electron chi connectivity index (χ0n) is 13.8. The first kappa shape index (κ1) is 16.6.